The van der Waals surface area contributed by atoms with Gasteiger partial charge in [0.15, 0.2) is 0 Å². The summed E-state index contributed by atoms with van der Waals surface area (Å²) in [5, 5.41) is 10.7. The molecule has 0 aromatic heterocycles. The highest BCUT2D eigenvalue weighted by Gasteiger charge is 2.01. The van der Waals surface area contributed by atoms with E-state index in [1.54, 1.807) is 6.92 Å². The summed E-state index contributed by atoms with van der Waals surface area (Å²) < 4.78 is 0. The highest BCUT2D eigenvalue weighted by Crippen LogP contribution is 2.13. The minimum absolute atomic E-state index is 0.222. The van der Waals surface area contributed by atoms with Crippen LogP contribution in [0.25, 0.3) is 0 Å². The molecule has 0 aromatic rings. The Morgan fingerprint density at radius 2 is 1.06 bits per heavy atom. The first-order valence-corrected chi connectivity index (χ1v) is 13.1. The molecule has 2 N–H and O–H groups in total. The van der Waals surface area contributed by atoms with E-state index >= 15 is 0 Å². The Kier molecular flexibility index (Phi) is 27.9. The van der Waals surface area contributed by atoms with Crippen molar-refractivity contribution in [1.29, 1.82) is 0 Å². The maximum atomic E-state index is 11.7. The van der Waals surface area contributed by atoms with Crippen LogP contribution in [0.15, 0.2) is 0 Å². The van der Waals surface area contributed by atoms with Gasteiger partial charge in [-0.05, 0) is 33.5 Å². The molecule has 0 heterocycles. The second kappa shape index (κ2) is 26.9. The molecule has 0 unspecified atom stereocenters. The molecule has 0 spiro atoms. The van der Waals surface area contributed by atoms with Crippen LogP contribution in [0.2, 0.25) is 0 Å². The lowest BCUT2D eigenvalue weighted by molar-refractivity contribution is -0.136. The van der Waals surface area contributed by atoms with Crippen LogP contribution in [0.4, 0.5) is 0 Å². The summed E-state index contributed by atoms with van der Waals surface area (Å²) in [6.45, 7) is 5.74. The third-order valence-electron chi connectivity index (χ3n) is 5.41. The minimum Gasteiger partial charge on any atom is -0.481 e. The molecule has 0 radical (unpaired) electrons. The summed E-state index contributed by atoms with van der Waals surface area (Å²) >= 11 is 0. The van der Waals surface area contributed by atoms with Crippen molar-refractivity contribution in [3.63, 3.8) is 0 Å². The Morgan fingerprint density at radius 1 is 0.677 bits per heavy atom. The van der Waals surface area contributed by atoms with Gasteiger partial charge in [-0.1, -0.05) is 104 Å². The van der Waals surface area contributed by atoms with Crippen LogP contribution in [0.3, 0.4) is 0 Å². The number of carboxylic acids is 1. The summed E-state index contributed by atoms with van der Waals surface area (Å²) in [7, 11) is 4.13. The van der Waals surface area contributed by atoms with Crippen molar-refractivity contribution in [3.05, 3.63) is 0 Å². The molecular formula is C26H54N2O3. The monoisotopic (exact) mass is 442 g/mol. The molecule has 5 heteroatoms. The van der Waals surface area contributed by atoms with Gasteiger partial charge in [0.25, 0.3) is 0 Å². The number of nitrogens with zero attached hydrogens (tertiary/aromatic N) is 1. The fourth-order valence-corrected chi connectivity index (χ4v) is 3.37. The van der Waals surface area contributed by atoms with Crippen LogP contribution in [0.5, 0.6) is 0 Å². The molecule has 0 bridgehead atoms. The summed E-state index contributed by atoms with van der Waals surface area (Å²) in [6, 6.07) is 0. The zero-order valence-electron chi connectivity index (χ0n) is 21.4. The summed E-state index contributed by atoms with van der Waals surface area (Å²) in [4.78, 5) is 23.2. The lowest BCUT2D eigenvalue weighted by Crippen LogP contribution is -2.26. The van der Waals surface area contributed by atoms with Gasteiger partial charge in [0, 0.05) is 19.4 Å². The highest BCUT2D eigenvalue weighted by molar-refractivity contribution is 5.75. The number of hydrogen-bond donors (Lipinski definition) is 2. The number of nitrogens with one attached hydrogen (secondary N) is 1. The maximum Gasteiger partial charge on any atom is 0.303 e. The van der Waals surface area contributed by atoms with Gasteiger partial charge in [0.1, 0.15) is 0 Å². The third-order valence-corrected chi connectivity index (χ3v) is 5.41. The van der Waals surface area contributed by atoms with Gasteiger partial charge >= 0.3 is 5.97 Å². The third kappa shape index (κ3) is 33.7. The first-order chi connectivity index (χ1) is 14.9. The number of unbranched alkanes of at least 4 members (excludes halogenated alkanes) is 14. The predicted molar refractivity (Wildman–Crippen MR) is 134 cm³/mol. The van der Waals surface area contributed by atoms with Crippen LogP contribution in [0.1, 0.15) is 129 Å². The van der Waals surface area contributed by atoms with Gasteiger partial charge in [-0.25, -0.2) is 0 Å². The first kappa shape index (κ1) is 32.1. The number of hydrogen-bond acceptors (Lipinski definition) is 3. The SMILES string of the molecule is CCC(=O)O.CCCCCCCCCCCCCCCCCC(=O)NCCCN(C)C. The first-order valence-electron chi connectivity index (χ1n) is 13.1. The zero-order valence-corrected chi connectivity index (χ0v) is 21.4. The lowest BCUT2D eigenvalue weighted by atomic mass is 10.0. The Labute approximate surface area is 193 Å². The van der Waals surface area contributed by atoms with Crippen molar-refractivity contribution in [2.75, 3.05) is 27.2 Å². The molecule has 0 rings (SSSR count). The zero-order chi connectivity index (χ0) is 23.6. The van der Waals surface area contributed by atoms with E-state index in [4.69, 9.17) is 5.11 Å². The molecule has 0 fully saturated rings. The van der Waals surface area contributed by atoms with Crippen LogP contribution < -0.4 is 5.32 Å². The Hall–Kier alpha value is -1.10. The van der Waals surface area contributed by atoms with Crippen molar-refractivity contribution in [3.8, 4) is 0 Å². The van der Waals surface area contributed by atoms with E-state index in [0.717, 1.165) is 25.9 Å². The Morgan fingerprint density at radius 3 is 1.42 bits per heavy atom. The molecule has 0 saturated carbocycles. The standard InChI is InChI=1S/C23H48N2O.C3H6O2/c1-4-5-6-7-8-9-10-11-12-13-14-15-16-17-18-20-23(26)24-21-19-22-25(2)3;1-2-3(4)5/h4-22H2,1-3H3,(H,24,26);2H2,1H3,(H,4,5). The average molecular weight is 443 g/mol. The molecule has 1 amide bonds. The van der Waals surface area contributed by atoms with Gasteiger partial charge in [-0.3, -0.25) is 9.59 Å². The van der Waals surface area contributed by atoms with Crippen LogP contribution in [0, 0.1) is 0 Å². The normalized spacial score (nSPS) is 10.6. The second-order valence-electron chi connectivity index (χ2n) is 8.95. The highest BCUT2D eigenvalue weighted by atomic mass is 16.4. The smallest absolute Gasteiger partial charge is 0.303 e. The number of amides is 1. The molecule has 0 aliphatic carbocycles. The number of rotatable bonds is 21. The van der Waals surface area contributed by atoms with Crippen LogP contribution in [-0.2, 0) is 9.59 Å². The van der Waals surface area contributed by atoms with Gasteiger partial charge in [0.05, 0.1) is 0 Å². The molecule has 0 aliphatic rings. The average Bonchev–Trinajstić information content (AvgIpc) is 2.74. The van der Waals surface area contributed by atoms with E-state index in [1.807, 2.05) is 0 Å². The van der Waals surface area contributed by atoms with E-state index in [9.17, 15) is 9.59 Å². The predicted octanol–water partition coefficient (Wildman–Crippen LogP) is 6.80. The van der Waals surface area contributed by atoms with Crippen molar-refractivity contribution >= 4 is 11.9 Å². The molecular weight excluding hydrogens is 388 g/mol. The molecule has 0 aromatic carbocycles. The van der Waals surface area contributed by atoms with E-state index in [0.29, 0.717) is 6.42 Å². The number of carboxylic acid groups (broad SMARTS) is 1. The number of aliphatic carboxylic acids is 1. The van der Waals surface area contributed by atoms with Crippen LogP contribution in [-0.4, -0.2) is 49.1 Å². The van der Waals surface area contributed by atoms with Crippen molar-refractivity contribution in [2.24, 2.45) is 0 Å². The summed E-state index contributed by atoms with van der Waals surface area (Å²) in [5.74, 6) is -0.511. The van der Waals surface area contributed by atoms with E-state index in [-0.39, 0.29) is 12.3 Å². The molecule has 186 valence electrons. The molecule has 0 saturated heterocycles. The number of carbonyl (C=O) groups is 2. The quantitative estimate of drug-likeness (QED) is 0.192. The van der Waals surface area contributed by atoms with Crippen molar-refractivity contribution in [1.82, 2.24) is 10.2 Å². The molecule has 5 nitrogen and oxygen atoms in total. The fourth-order valence-electron chi connectivity index (χ4n) is 3.37. The minimum atomic E-state index is -0.745. The molecule has 0 aliphatic heterocycles. The Bertz CT molecular complexity index is 387. The fraction of sp³-hybridized carbons (Fsp3) is 0.923. The Balaban J connectivity index is 0. The molecule has 0 atom stereocenters. The van der Waals surface area contributed by atoms with Crippen molar-refractivity contribution < 1.29 is 14.7 Å². The molecule has 31 heavy (non-hydrogen) atoms. The largest absolute Gasteiger partial charge is 0.481 e. The van der Waals surface area contributed by atoms with Gasteiger partial charge in [0.2, 0.25) is 5.91 Å². The van der Waals surface area contributed by atoms with Gasteiger partial charge < -0.3 is 15.3 Å². The van der Waals surface area contributed by atoms with Gasteiger partial charge in [-0.2, -0.15) is 0 Å². The van der Waals surface area contributed by atoms with E-state index < -0.39 is 5.97 Å². The summed E-state index contributed by atoms with van der Waals surface area (Å²) in [5.41, 5.74) is 0. The number of carbonyl (C=O) groups excluding carboxylic acids is 1. The van der Waals surface area contributed by atoms with Gasteiger partial charge in [-0.15, -0.1) is 0 Å². The van der Waals surface area contributed by atoms with Crippen LogP contribution >= 0.6 is 0 Å². The van der Waals surface area contributed by atoms with E-state index in [2.05, 4.69) is 31.2 Å². The van der Waals surface area contributed by atoms with E-state index in [1.165, 1.54) is 89.9 Å². The maximum absolute atomic E-state index is 11.7. The van der Waals surface area contributed by atoms with Crippen molar-refractivity contribution in [2.45, 2.75) is 129 Å². The second-order valence-corrected chi connectivity index (χ2v) is 8.95. The summed E-state index contributed by atoms with van der Waals surface area (Å²) in [6.07, 6.45) is 22.5. The topological polar surface area (TPSA) is 69.6 Å². The lowest BCUT2D eigenvalue weighted by Gasteiger charge is -2.09.